The number of hydrogen-bond acceptors (Lipinski definition) is 1. The van der Waals surface area contributed by atoms with Crippen molar-refractivity contribution in [3.05, 3.63) is 78.4 Å². The number of aromatic nitrogens is 1. The lowest BCUT2D eigenvalue weighted by Crippen LogP contribution is -1.79. The van der Waals surface area contributed by atoms with E-state index < -0.39 is 0 Å². The van der Waals surface area contributed by atoms with E-state index in [4.69, 9.17) is 0 Å². The lowest BCUT2D eigenvalue weighted by atomic mass is 10.0. The van der Waals surface area contributed by atoms with Gasteiger partial charge in [-0.3, -0.25) is 0 Å². The monoisotopic (exact) mass is 363 g/mol. The molecule has 6 rings (SSSR count). The second-order valence-corrected chi connectivity index (χ2v) is 8.26. The first-order chi connectivity index (χ1) is 13.2. The molecule has 0 spiro atoms. The van der Waals surface area contributed by atoms with E-state index in [1.54, 1.807) is 0 Å². The van der Waals surface area contributed by atoms with E-state index in [1.165, 1.54) is 63.9 Å². The summed E-state index contributed by atoms with van der Waals surface area (Å²) in [4.78, 5) is 3.64. The summed E-state index contributed by atoms with van der Waals surface area (Å²) in [7, 11) is 0. The molecular formula is C25H17NS. The zero-order valence-electron chi connectivity index (χ0n) is 15.0. The number of nitrogens with one attached hydrogen (secondary N) is 1. The number of thiophene rings is 1. The molecule has 0 aliphatic carbocycles. The Bertz CT molecular complexity index is 1550. The van der Waals surface area contributed by atoms with Gasteiger partial charge in [-0.25, -0.2) is 0 Å². The number of H-pyrrole nitrogens is 1. The zero-order valence-corrected chi connectivity index (χ0v) is 15.8. The van der Waals surface area contributed by atoms with Gasteiger partial charge in [0.15, 0.2) is 0 Å². The highest BCUT2D eigenvalue weighted by Crippen LogP contribution is 2.43. The first-order valence-corrected chi connectivity index (χ1v) is 9.98. The fourth-order valence-corrected chi connectivity index (χ4v) is 5.69. The maximum atomic E-state index is 4.05. The zero-order chi connectivity index (χ0) is 18.1. The lowest BCUT2D eigenvalue weighted by Gasteiger charge is -2.02. The van der Waals surface area contributed by atoms with Crippen LogP contribution in [0.3, 0.4) is 0 Å². The van der Waals surface area contributed by atoms with E-state index in [0.29, 0.717) is 0 Å². The molecule has 0 amide bonds. The molecule has 0 saturated carbocycles. The maximum Gasteiger partial charge on any atom is 0.0472 e. The molecule has 6 aromatic rings. The highest BCUT2D eigenvalue weighted by Gasteiger charge is 2.15. The van der Waals surface area contributed by atoms with Crippen molar-refractivity contribution in [3.63, 3.8) is 0 Å². The first-order valence-electron chi connectivity index (χ1n) is 9.16. The van der Waals surface area contributed by atoms with E-state index in [-0.39, 0.29) is 0 Å². The Morgan fingerprint density at radius 1 is 0.852 bits per heavy atom. The van der Waals surface area contributed by atoms with Crippen LogP contribution in [0.5, 0.6) is 0 Å². The minimum absolute atomic E-state index is 1.20. The molecule has 4 aromatic carbocycles. The number of aromatic amines is 1. The molecule has 2 aromatic heterocycles. The summed E-state index contributed by atoms with van der Waals surface area (Å²) in [6.45, 7) is 6.21. The van der Waals surface area contributed by atoms with Gasteiger partial charge in [-0.05, 0) is 53.1 Å². The highest BCUT2D eigenvalue weighted by atomic mass is 32.1. The van der Waals surface area contributed by atoms with Crippen LogP contribution >= 0.6 is 11.3 Å². The molecule has 0 radical (unpaired) electrons. The van der Waals surface area contributed by atoms with Crippen molar-refractivity contribution in [2.75, 3.05) is 0 Å². The summed E-state index contributed by atoms with van der Waals surface area (Å²) in [5.41, 5.74) is 4.94. The lowest BCUT2D eigenvalue weighted by molar-refractivity contribution is 1.49. The van der Waals surface area contributed by atoms with Crippen LogP contribution in [0.2, 0.25) is 0 Å². The van der Waals surface area contributed by atoms with Crippen molar-refractivity contribution in [1.29, 1.82) is 0 Å². The molecule has 0 unspecified atom stereocenters. The molecule has 0 bridgehead atoms. The van der Waals surface area contributed by atoms with Crippen LogP contribution in [-0.2, 0) is 0 Å². The standard InChI is InChI=1S/C25H17NS/c1-3-17-14(2)8-9-18-24-22(27-25(17)18)11-10-20-23(24)19-12-15-6-4-5-7-16(15)13-21(19)26-20/h3-13,26H,1H2,2H3. The minimum atomic E-state index is 1.20. The normalized spacial score (nSPS) is 12.0. The van der Waals surface area contributed by atoms with Gasteiger partial charge < -0.3 is 4.98 Å². The van der Waals surface area contributed by atoms with Crippen LogP contribution in [0.4, 0.5) is 0 Å². The summed E-state index contributed by atoms with van der Waals surface area (Å²) in [6, 6.07) is 22.1. The molecular weight excluding hydrogens is 346 g/mol. The van der Waals surface area contributed by atoms with Gasteiger partial charge in [-0.15, -0.1) is 11.3 Å². The highest BCUT2D eigenvalue weighted by molar-refractivity contribution is 7.26. The Labute approximate surface area is 160 Å². The van der Waals surface area contributed by atoms with E-state index in [2.05, 4.69) is 79.2 Å². The molecule has 0 saturated heterocycles. The maximum absolute atomic E-state index is 4.05. The molecule has 1 N–H and O–H groups in total. The first kappa shape index (κ1) is 15.0. The van der Waals surface area contributed by atoms with Gasteiger partial charge in [0.25, 0.3) is 0 Å². The number of fused-ring (bicyclic) bond motifs is 8. The number of rotatable bonds is 1. The topological polar surface area (TPSA) is 15.8 Å². The summed E-state index contributed by atoms with van der Waals surface area (Å²) in [6.07, 6.45) is 1.99. The van der Waals surface area contributed by atoms with Crippen LogP contribution < -0.4 is 0 Å². The van der Waals surface area contributed by atoms with Crippen molar-refractivity contribution < 1.29 is 0 Å². The van der Waals surface area contributed by atoms with Gasteiger partial charge in [-0.1, -0.05) is 49.1 Å². The second-order valence-electron chi connectivity index (χ2n) is 7.21. The molecule has 128 valence electrons. The molecule has 27 heavy (non-hydrogen) atoms. The van der Waals surface area contributed by atoms with Crippen molar-refractivity contribution in [1.82, 2.24) is 4.98 Å². The smallest absolute Gasteiger partial charge is 0.0472 e. The van der Waals surface area contributed by atoms with Gasteiger partial charge in [-0.2, -0.15) is 0 Å². The second kappa shape index (κ2) is 5.21. The van der Waals surface area contributed by atoms with Gasteiger partial charge in [0.1, 0.15) is 0 Å². The van der Waals surface area contributed by atoms with Crippen LogP contribution in [0.25, 0.3) is 58.8 Å². The number of benzene rings is 4. The Morgan fingerprint density at radius 3 is 2.48 bits per heavy atom. The predicted molar refractivity (Wildman–Crippen MR) is 121 cm³/mol. The van der Waals surface area contributed by atoms with Gasteiger partial charge in [0, 0.05) is 42.0 Å². The third kappa shape index (κ3) is 1.93. The Hall–Kier alpha value is -3.10. The van der Waals surface area contributed by atoms with Crippen molar-refractivity contribution in [3.8, 4) is 0 Å². The average molecular weight is 363 g/mol. The number of aryl methyl sites for hydroxylation is 1. The summed E-state index contributed by atoms with van der Waals surface area (Å²) < 4.78 is 2.67. The van der Waals surface area contributed by atoms with E-state index in [1.807, 2.05) is 17.4 Å². The van der Waals surface area contributed by atoms with Gasteiger partial charge >= 0.3 is 0 Å². The molecule has 2 heteroatoms. The molecule has 2 heterocycles. The van der Waals surface area contributed by atoms with Crippen LogP contribution in [0.15, 0.2) is 67.2 Å². The Kier molecular flexibility index (Phi) is 2.90. The SMILES string of the molecule is C=Cc1c(C)ccc2c1sc1ccc3[nH]c4cc5ccccc5cc4c3c12. The fourth-order valence-electron chi connectivity index (χ4n) is 4.38. The van der Waals surface area contributed by atoms with Crippen LogP contribution in [0, 0.1) is 6.92 Å². The van der Waals surface area contributed by atoms with Crippen molar-refractivity contribution in [2.45, 2.75) is 6.92 Å². The van der Waals surface area contributed by atoms with Gasteiger partial charge in [0.05, 0.1) is 0 Å². The quantitative estimate of drug-likeness (QED) is 0.307. The summed E-state index contributed by atoms with van der Waals surface area (Å²) >= 11 is 1.87. The summed E-state index contributed by atoms with van der Waals surface area (Å²) in [5.74, 6) is 0. The van der Waals surface area contributed by atoms with Crippen molar-refractivity contribution >= 4 is 70.2 Å². The third-order valence-electron chi connectivity index (χ3n) is 5.69. The Morgan fingerprint density at radius 2 is 1.67 bits per heavy atom. The van der Waals surface area contributed by atoms with Crippen LogP contribution in [0.1, 0.15) is 11.1 Å². The fraction of sp³-hybridized carbons (Fsp3) is 0.0400. The van der Waals surface area contributed by atoms with E-state index in [0.717, 1.165) is 0 Å². The van der Waals surface area contributed by atoms with E-state index in [9.17, 15) is 0 Å². The Balaban J connectivity index is 1.89. The van der Waals surface area contributed by atoms with Crippen molar-refractivity contribution in [2.24, 2.45) is 0 Å². The molecule has 0 atom stereocenters. The van der Waals surface area contributed by atoms with E-state index >= 15 is 0 Å². The molecule has 1 nitrogen and oxygen atoms in total. The summed E-state index contributed by atoms with van der Waals surface area (Å²) in [5, 5.41) is 7.87. The minimum Gasteiger partial charge on any atom is -0.354 e. The van der Waals surface area contributed by atoms with Crippen LogP contribution in [-0.4, -0.2) is 4.98 Å². The predicted octanol–water partition coefficient (Wildman–Crippen LogP) is 7.79. The molecule has 0 aliphatic heterocycles. The molecule has 0 fully saturated rings. The number of hydrogen-bond donors (Lipinski definition) is 1. The average Bonchev–Trinajstić information content (AvgIpc) is 3.23. The molecule has 0 aliphatic rings. The van der Waals surface area contributed by atoms with Gasteiger partial charge in [0.2, 0.25) is 0 Å². The third-order valence-corrected chi connectivity index (χ3v) is 6.90. The largest absolute Gasteiger partial charge is 0.354 e.